The van der Waals surface area contributed by atoms with Crippen molar-refractivity contribution >= 4 is 39.3 Å². The Balaban J connectivity index is 1.27. The Morgan fingerprint density at radius 1 is 0.894 bits per heavy atom. The summed E-state index contributed by atoms with van der Waals surface area (Å²) < 4.78 is 12.0. The van der Waals surface area contributed by atoms with Gasteiger partial charge in [-0.15, -0.1) is 0 Å². The molecule has 1 saturated carbocycles. The van der Waals surface area contributed by atoms with Gasteiger partial charge >= 0.3 is 11.9 Å². The lowest BCUT2D eigenvalue weighted by Gasteiger charge is -2.32. The molecule has 4 rings (SSSR count). The number of carbonyl (C=O) groups excluding carboxylic acids is 3. The van der Waals surface area contributed by atoms with Crippen LogP contribution in [-0.4, -0.2) is 62.0 Å². The highest BCUT2D eigenvalue weighted by Gasteiger charge is 2.28. The van der Waals surface area contributed by atoms with Gasteiger partial charge in [0.05, 0.1) is 17.2 Å². The van der Waals surface area contributed by atoms with Crippen LogP contribution < -0.4 is 11.1 Å². The molecular formula is C38H48BrN3O5. The number of hydrogen-bond acceptors (Lipinski definition) is 8. The number of nitrogens with zero attached hydrogens (tertiary/aromatic N) is 1. The summed E-state index contributed by atoms with van der Waals surface area (Å²) in [5.74, 6) is -0.882. The van der Waals surface area contributed by atoms with E-state index in [2.05, 4.69) is 33.1 Å². The second kappa shape index (κ2) is 18.1. The fourth-order valence-electron chi connectivity index (χ4n) is 6.25. The molecule has 1 aliphatic rings. The van der Waals surface area contributed by atoms with Gasteiger partial charge in [-0.3, -0.25) is 14.5 Å². The summed E-state index contributed by atoms with van der Waals surface area (Å²) in [7, 11) is 0. The topological polar surface area (TPSA) is 111 Å². The van der Waals surface area contributed by atoms with Crippen LogP contribution in [0.2, 0.25) is 0 Å². The quantitative estimate of drug-likeness (QED) is 0.0907. The fraction of sp³-hybridized carbons (Fsp3) is 0.447. The van der Waals surface area contributed by atoms with E-state index in [-0.39, 0.29) is 31.0 Å². The van der Waals surface area contributed by atoms with E-state index in [4.69, 9.17) is 15.2 Å². The van der Waals surface area contributed by atoms with E-state index in [0.29, 0.717) is 52.4 Å². The summed E-state index contributed by atoms with van der Waals surface area (Å²) in [4.78, 5) is 41.0. The number of ether oxygens (including phenoxy) is 2. The predicted molar refractivity (Wildman–Crippen MR) is 190 cm³/mol. The van der Waals surface area contributed by atoms with Crippen molar-refractivity contribution in [3.63, 3.8) is 0 Å². The van der Waals surface area contributed by atoms with Crippen LogP contribution in [0.3, 0.4) is 0 Å². The summed E-state index contributed by atoms with van der Waals surface area (Å²) in [6.07, 6.45) is 5.99. The zero-order valence-corrected chi connectivity index (χ0v) is 29.4. The molecule has 0 saturated heterocycles. The molecule has 3 N–H and O–H groups in total. The fourth-order valence-corrected chi connectivity index (χ4v) is 6.73. The van der Waals surface area contributed by atoms with E-state index < -0.39 is 11.9 Å². The second-order valence-electron chi connectivity index (χ2n) is 12.2. The molecule has 9 heteroatoms. The molecule has 0 amide bonds. The van der Waals surface area contributed by atoms with Gasteiger partial charge in [-0.1, -0.05) is 81.6 Å². The third-order valence-corrected chi connectivity index (χ3v) is 9.71. The summed E-state index contributed by atoms with van der Waals surface area (Å²) in [6, 6.07) is 19.9. The number of likely N-dealkylation sites (N-methyl/N-ethyl adjacent to an activating group) is 1. The van der Waals surface area contributed by atoms with E-state index in [9.17, 15) is 14.4 Å². The molecule has 0 radical (unpaired) electrons. The molecule has 0 spiro atoms. The lowest BCUT2D eigenvalue weighted by Crippen LogP contribution is -2.32. The second-order valence-corrected chi connectivity index (χ2v) is 13.0. The van der Waals surface area contributed by atoms with Gasteiger partial charge in [0.15, 0.2) is 5.78 Å². The van der Waals surface area contributed by atoms with Gasteiger partial charge in [0.2, 0.25) is 0 Å². The molecule has 0 aliphatic heterocycles. The average molecular weight is 707 g/mol. The third kappa shape index (κ3) is 9.98. The van der Waals surface area contributed by atoms with Crippen LogP contribution >= 0.6 is 15.9 Å². The molecule has 3 aromatic carbocycles. The molecule has 1 aliphatic carbocycles. The summed E-state index contributed by atoms with van der Waals surface area (Å²) >= 11 is 3.57. The average Bonchev–Trinajstić information content (AvgIpc) is 3.11. The number of hydrogen-bond donors (Lipinski definition) is 2. The van der Waals surface area contributed by atoms with Gasteiger partial charge in [-0.05, 0) is 84.0 Å². The van der Waals surface area contributed by atoms with Crippen molar-refractivity contribution < 1.29 is 23.9 Å². The Morgan fingerprint density at radius 2 is 1.57 bits per heavy atom. The molecule has 1 fully saturated rings. The minimum Gasteiger partial charge on any atom is -0.464 e. The highest BCUT2D eigenvalue weighted by molar-refractivity contribution is 9.10. The summed E-state index contributed by atoms with van der Waals surface area (Å²) in [5, 5.41) is 3.62. The zero-order valence-electron chi connectivity index (χ0n) is 27.8. The smallest absolute Gasteiger partial charge is 0.338 e. The van der Waals surface area contributed by atoms with Crippen LogP contribution in [0.25, 0.3) is 0 Å². The van der Waals surface area contributed by atoms with Crippen molar-refractivity contribution in [3.05, 3.63) is 99.0 Å². The van der Waals surface area contributed by atoms with Gasteiger partial charge in [0, 0.05) is 34.7 Å². The number of esters is 2. The van der Waals surface area contributed by atoms with Crippen molar-refractivity contribution in [1.29, 1.82) is 0 Å². The molecule has 2 unspecified atom stereocenters. The molecule has 3 aromatic rings. The maximum Gasteiger partial charge on any atom is 0.338 e. The molecular weight excluding hydrogens is 658 g/mol. The van der Waals surface area contributed by atoms with Crippen LogP contribution in [0, 0.1) is 5.92 Å². The minimum absolute atomic E-state index is 0.0890. The number of carbonyl (C=O) groups is 3. The molecule has 2 atom stereocenters. The van der Waals surface area contributed by atoms with Gasteiger partial charge in [-0.2, -0.15) is 0 Å². The van der Waals surface area contributed by atoms with E-state index in [1.807, 2.05) is 37.3 Å². The number of nitrogens with two attached hydrogens (primary N) is 1. The highest BCUT2D eigenvalue weighted by Crippen LogP contribution is 2.39. The van der Waals surface area contributed by atoms with Crippen LogP contribution in [0.1, 0.15) is 102 Å². The summed E-state index contributed by atoms with van der Waals surface area (Å²) in [6.45, 7) is 8.82. The number of anilines is 1. The number of halogens is 1. The first kappa shape index (κ1) is 36.3. The first-order valence-electron chi connectivity index (χ1n) is 16.8. The lowest BCUT2D eigenvalue weighted by molar-refractivity contribution is -0.145. The van der Waals surface area contributed by atoms with E-state index >= 15 is 0 Å². The third-order valence-electron chi connectivity index (χ3n) is 9.06. The summed E-state index contributed by atoms with van der Waals surface area (Å²) in [5.41, 5.74) is 10.4. The Bertz CT molecular complexity index is 1490. The SMILES string of the molecule is CCNC(c1cc(C(=O)OCCN(CC)CCOC(=O)C(C)c2cccc(C(=O)c3ccccc3)c2)cc(Br)c1N)C1CCCCC1. The molecule has 0 heterocycles. The largest absolute Gasteiger partial charge is 0.464 e. The minimum atomic E-state index is -0.524. The lowest BCUT2D eigenvalue weighted by atomic mass is 9.80. The standard InChI is InChI=1S/C38H48BrN3O5/c1-4-41-35(27-13-8-6-9-14-27)32-24-31(25-33(39)34(32)40)38(45)47-22-20-42(5-2)19-21-46-37(44)26(3)29-17-12-18-30(23-29)36(43)28-15-10-7-11-16-28/h7,10-12,15-18,23-27,35,41H,4-6,8-9,13-14,19-22,40H2,1-3H3. The molecule has 0 bridgehead atoms. The number of nitrogen functional groups attached to an aromatic ring is 1. The van der Waals surface area contributed by atoms with E-state index in [1.54, 1.807) is 43.3 Å². The van der Waals surface area contributed by atoms with Crippen molar-refractivity contribution in [3.8, 4) is 0 Å². The van der Waals surface area contributed by atoms with Crippen LogP contribution in [0.4, 0.5) is 5.69 Å². The van der Waals surface area contributed by atoms with Gasteiger partial charge in [-0.25, -0.2) is 4.79 Å². The van der Waals surface area contributed by atoms with Crippen LogP contribution in [-0.2, 0) is 14.3 Å². The number of nitrogens with one attached hydrogen (secondary N) is 1. The predicted octanol–water partition coefficient (Wildman–Crippen LogP) is 7.32. The highest BCUT2D eigenvalue weighted by atomic mass is 79.9. The van der Waals surface area contributed by atoms with Crippen molar-refractivity contribution in [2.24, 2.45) is 5.92 Å². The Morgan fingerprint density at radius 3 is 2.26 bits per heavy atom. The van der Waals surface area contributed by atoms with Crippen molar-refractivity contribution in [2.75, 3.05) is 45.1 Å². The normalized spacial score (nSPS) is 14.8. The van der Waals surface area contributed by atoms with Crippen LogP contribution in [0.5, 0.6) is 0 Å². The van der Waals surface area contributed by atoms with Crippen molar-refractivity contribution in [1.82, 2.24) is 10.2 Å². The van der Waals surface area contributed by atoms with Gasteiger partial charge in [0.1, 0.15) is 13.2 Å². The maximum atomic E-state index is 13.1. The molecule has 8 nitrogen and oxygen atoms in total. The molecule has 252 valence electrons. The van der Waals surface area contributed by atoms with E-state index in [0.717, 1.165) is 30.5 Å². The van der Waals surface area contributed by atoms with Gasteiger partial charge in [0.25, 0.3) is 0 Å². The Labute approximate surface area is 287 Å². The number of rotatable bonds is 16. The maximum absolute atomic E-state index is 13.1. The van der Waals surface area contributed by atoms with Gasteiger partial charge < -0.3 is 20.5 Å². The first-order chi connectivity index (χ1) is 22.7. The van der Waals surface area contributed by atoms with Crippen LogP contribution in [0.15, 0.2) is 71.2 Å². The first-order valence-corrected chi connectivity index (χ1v) is 17.6. The number of benzene rings is 3. The monoisotopic (exact) mass is 705 g/mol. The number of ketones is 1. The molecule has 0 aromatic heterocycles. The Hall–Kier alpha value is -3.53. The van der Waals surface area contributed by atoms with E-state index in [1.165, 1.54) is 19.3 Å². The zero-order chi connectivity index (χ0) is 33.8. The van der Waals surface area contributed by atoms with Crippen molar-refractivity contribution in [2.45, 2.75) is 64.8 Å². The molecule has 47 heavy (non-hydrogen) atoms. The Kier molecular flexibility index (Phi) is 14.0.